The van der Waals surface area contributed by atoms with Crippen LogP contribution in [0.25, 0.3) is 11.3 Å². The van der Waals surface area contributed by atoms with Gasteiger partial charge in [0.15, 0.2) is 0 Å². The molecular weight excluding hydrogens is 401 g/mol. The summed E-state index contributed by atoms with van der Waals surface area (Å²) in [5, 5.41) is 4.80. The predicted molar refractivity (Wildman–Crippen MR) is 113 cm³/mol. The lowest BCUT2D eigenvalue weighted by Gasteiger charge is -2.28. The van der Waals surface area contributed by atoms with Crippen molar-refractivity contribution in [3.05, 3.63) is 39.2 Å². The maximum Gasteiger partial charge on any atom is 0.225 e. The Bertz CT molecular complexity index is 821. The van der Waals surface area contributed by atoms with Crippen molar-refractivity contribution in [1.29, 1.82) is 0 Å². The molecule has 1 heterocycles. The molecule has 4 nitrogen and oxygen atoms in total. The van der Waals surface area contributed by atoms with Crippen LogP contribution < -0.4 is 11.1 Å². The third-order valence-corrected chi connectivity index (χ3v) is 7.35. The fourth-order valence-electron chi connectivity index (χ4n) is 4.57. The van der Waals surface area contributed by atoms with E-state index in [-0.39, 0.29) is 36.3 Å². The predicted octanol–water partition coefficient (Wildman–Crippen LogP) is 4.74. The van der Waals surface area contributed by atoms with Crippen LogP contribution in [0.15, 0.2) is 24.3 Å². The fourth-order valence-corrected chi connectivity index (χ4v) is 5.65. The first-order valence-electron chi connectivity index (χ1n) is 9.23. The van der Waals surface area contributed by atoms with Gasteiger partial charge >= 0.3 is 0 Å². The van der Waals surface area contributed by atoms with Crippen molar-refractivity contribution < 1.29 is 4.79 Å². The van der Waals surface area contributed by atoms with Gasteiger partial charge in [0.1, 0.15) is 5.01 Å². The summed E-state index contributed by atoms with van der Waals surface area (Å²) in [6, 6.07) is 7.60. The topological polar surface area (TPSA) is 68.0 Å². The van der Waals surface area contributed by atoms with Gasteiger partial charge in [0.25, 0.3) is 0 Å². The molecule has 1 aromatic carbocycles. The first-order chi connectivity index (χ1) is 12.4. The van der Waals surface area contributed by atoms with Crippen molar-refractivity contribution >= 4 is 41.3 Å². The second-order valence-electron chi connectivity index (χ2n) is 7.63. The third-order valence-electron chi connectivity index (χ3n) is 5.94. The van der Waals surface area contributed by atoms with E-state index in [1.165, 1.54) is 6.42 Å². The van der Waals surface area contributed by atoms with Crippen LogP contribution in [-0.2, 0) is 4.79 Å². The molecule has 5 unspecified atom stereocenters. The van der Waals surface area contributed by atoms with Gasteiger partial charge in [0.05, 0.1) is 17.7 Å². The SMILES string of the molecule is Cc1sc(C(C)NC(=O)C2C3CCC(C3)C2N)nc1-c1ccc(Cl)cc1.Cl. The maximum absolute atomic E-state index is 12.8. The van der Waals surface area contributed by atoms with Crippen molar-refractivity contribution in [2.45, 2.75) is 45.2 Å². The summed E-state index contributed by atoms with van der Waals surface area (Å²) in [5.41, 5.74) is 8.31. The van der Waals surface area contributed by atoms with E-state index in [4.69, 9.17) is 22.3 Å². The van der Waals surface area contributed by atoms with Gasteiger partial charge in [-0.2, -0.15) is 0 Å². The number of nitrogens with two attached hydrogens (primary N) is 1. The van der Waals surface area contributed by atoms with Gasteiger partial charge < -0.3 is 11.1 Å². The average molecular weight is 426 g/mol. The zero-order valence-electron chi connectivity index (χ0n) is 15.4. The number of rotatable bonds is 4. The number of thiazole rings is 1. The number of nitrogens with zero attached hydrogens (tertiary/aromatic N) is 1. The lowest BCUT2D eigenvalue weighted by Crippen LogP contribution is -2.45. The van der Waals surface area contributed by atoms with Crippen LogP contribution in [-0.4, -0.2) is 16.9 Å². The molecule has 146 valence electrons. The first-order valence-corrected chi connectivity index (χ1v) is 10.4. The minimum atomic E-state index is -0.112. The van der Waals surface area contributed by atoms with Crippen LogP contribution >= 0.6 is 35.3 Å². The number of aromatic nitrogens is 1. The molecule has 0 saturated heterocycles. The van der Waals surface area contributed by atoms with E-state index in [1.54, 1.807) is 11.3 Å². The van der Waals surface area contributed by atoms with Crippen molar-refractivity contribution in [2.24, 2.45) is 23.5 Å². The van der Waals surface area contributed by atoms with E-state index >= 15 is 0 Å². The maximum atomic E-state index is 12.8. The van der Waals surface area contributed by atoms with E-state index in [1.807, 2.05) is 31.2 Å². The van der Waals surface area contributed by atoms with Gasteiger partial charge in [-0.05, 0) is 57.1 Å². The molecule has 0 aliphatic heterocycles. The number of carbonyl (C=O) groups is 1. The van der Waals surface area contributed by atoms with Crippen molar-refractivity contribution in [2.75, 3.05) is 0 Å². The molecular formula is C20H25Cl2N3OS. The highest BCUT2D eigenvalue weighted by atomic mass is 35.5. The summed E-state index contributed by atoms with van der Waals surface area (Å²) < 4.78 is 0. The standard InChI is InChI=1S/C20H24ClN3OS.ClH/c1-10(23-19(25)16-13-3-4-14(9-13)17(16)22)20-24-18(11(2)26-20)12-5-7-15(21)8-6-12;/h5-8,10,13-14,16-17H,3-4,9,22H2,1-2H3,(H,23,25);1H. The summed E-state index contributed by atoms with van der Waals surface area (Å²) in [7, 11) is 0. The molecule has 2 bridgehead atoms. The van der Waals surface area contributed by atoms with Crippen LogP contribution in [0.1, 0.15) is 42.1 Å². The number of aryl methyl sites for hydroxylation is 1. The Morgan fingerprint density at radius 2 is 1.96 bits per heavy atom. The Balaban J connectivity index is 0.00000210. The number of halogens is 2. The number of hydrogen-bond acceptors (Lipinski definition) is 4. The van der Waals surface area contributed by atoms with Crippen LogP contribution in [0.4, 0.5) is 0 Å². The smallest absolute Gasteiger partial charge is 0.225 e. The second kappa shape index (κ2) is 8.08. The summed E-state index contributed by atoms with van der Waals surface area (Å²) in [4.78, 5) is 18.7. The Morgan fingerprint density at radius 3 is 2.59 bits per heavy atom. The highest BCUT2D eigenvalue weighted by molar-refractivity contribution is 7.12. The number of nitrogens with one attached hydrogen (secondary N) is 1. The highest BCUT2D eigenvalue weighted by Crippen LogP contribution is 2.47. The first kappa shape index (κ1) is 20.6. The lowest BCUT2D eigenvalue weighted by molar-refractivity contribution is -0.127. The van der Waals surface area contributed by atoms with E-state index < -0.39 is 0 Å². The molecule has 2 aliphatic rings. The molecule has 3 N–H and O–H groups in total. The number of amides is 1. The van der Waals surface area contributed by atoms with Crippen molar-refractivity contribution in [1.82, 2.24) is 10.3 Å². The van der Waals surface area contributed by atoms with Gasteiger partial charge in [-0.25, -0.2) is 4.98 Å². The van der Waals surface area contributed by atoms with E-state index in [0.29, 0.717) is 16.9 Å². The molecule has 7 heteroatoms. The van der Waals surface area contributed by atoms with Gasteiger partial charge in [-0.3, -0.25) is 4.79 Å². The highest BCUT2D eigenvalue weighted by Gasteiger charge is 2.49. The molecule has 1 aromatic heterocycles. The van der Waals surface area contributed by atoms with Crippen LogP contribution in [0.2, 0.25) is 5.02 Å². The molecule has 27 heavy (non-hydrogen) atoms. The van der Waals surface area contributed by atoms with Gasteiger partial charge in [0, 0.05) is 21.5 Å². The van der Waals surface area contributed by atoms with Crippen molar-refractivity contribution in [3.8, 4) is 11.3 Å². The normalized spacial score (nSPS) is 27.3. The molecule has 0 radical (unpaired) electrons. The van der Waals surface area contributed by atoms with E-state index in [9.17, 15) is 4.79 Å². The van der Waals surface area contributed by atoms with Gasteiger partial charge in [0.2, 0.25) is 5.91 Å². The third kappa shape index (κ3) is 3.88. The second-order valence-corrected chi connectivity index (χ2v) is 9.30. The molecule has 4 rings (SSSR count). The quantitative estimate of drug-likeness (QED) is 0.742. The van der Waals surface area contributed by atoms with E-state index in [2.05, 4.69) is 12.2 Å². The molecule has 1 amide bonds. The summed E-state index contributed by atoms with van der Waals surface area (Å²) in [6.07, 6.45) is 3.44. The zero-order valence-corrected chi connectivity index (χ0v) is 17.8. The summed E-state index contributed by atoms with van der Waals surface area (Å²) >= 11 is 7.61. The lowest BCUT2D eigenvalue weighted by atomic mass is 9.84. The Kier molecular flexibility index (Phi) is 6.16. The molecule has 2 saturated carbocycles. The largest absolute Gasteiger partial charge is 0.347 e. The molecule has 2 fully saturated rings. The van der Waals surface area contributed by atoms with Crippen LogP contribution in [0.5, 0.6) is 0 Å². The Hall–Kier alpha value is -1.14. The van der Waals surface area contributed by atoms with E-state index in [0.717, 1.165) is 34.0 Å². The number of carbonyl (C=O) groups excluding carboxylic acids is 1. The van der Waals surface area contributed by atoms with Gasteiger partial charge in [-0.1, -0.05) is 23.7 Å². The number of benzene rings is 1. The minimum Gasteiger partial charge on any atom is -0.347 e. The van der Waals surface area contributed by atoms with Crippen LogP contribution in [0, 0.1) is 24.7 Å². The molecule has 5 atom stereocenters. The van der Waals surface area contributed by atoms with Crippen LogP contribution in [0.3, 0.4) is 0 Å². The average Bonchev–Trinajstić information content (AvgIpc) is 3.30. The Morgan fingerprint density at radius 1 is 1.30 bits per heavy atom. The summed E-state index contributed by atoms with van der Waals surface area (Å²) in [5.74, 6) is 1.06. The summed E-state index contributed by atoms with van der Waals surface area (Å²) in [6.45, 7) is 4.06. The molecule has 0 spiro atoms. The fraction of sp³-hybridized carbons (Fsp3) is 0.500. The Labute approximate surface area is 175 Å². The van der Waals surface area contributed by atoms with Gasteiger partial charge in [-0.15, -0.1) is 23.7 Å². The monoisotopic (exact) mass is 425 g/mol. The molecule has 2 aromatic rings. The minimum absolute atomic E-state index is 0. The molecule has 2 aliphatic carbocycles. The number of fused-ring (bicyclic) bond motifs is 2. The zero-order chi connectivity index (χ0) is 18.4. The van der Waals surface area contributed by atoms with Crippen molar-refractivity contribution in [3.63, 3.8) is 0 Å². The number of hydrogen-bond donors (Lipinski definition) is 2.